The molecule has 0 saturated heterocycles. The highest BCUT2D eigenvalue weighted by atomic mass is 19.1. The van der Waals surface area contributed by atoms with Crippen LogP contribution in [-0.2, 0) is 6.42 Å². The molecule has 0 bridgehead atoms. The molecule has 1 aromatic heterocycles. The van der Waals surface area contributed by atoms with Crippen LogP contribution < -0.4 is 5.73 Å². The van der Waals surface area contributed by atoms with Gasteiger partial charge in [0.15, 0.2) is 0 Å². The zero-order valence-electron chi connectivity index (χ0n) is 11.3. The lowest BCUT2D eigenvalue weighted by Crippen LogP contribution is -2.15. The van der Waals surface area contributed by atoms with Crippen LogP contribution in [0.2, 0.25) is 0 Å². The summed E-state index contributed by atoms with van der Waals surface area (Å²) in [6.45, 7) is 0. The van der Waals surface area contributed by atoms with Gasteiger partial charge in [-0.15, -0.1) is 0 Å². The van der Waals surface area contributed by atoms with Gasteiger partial charge in [0.05, 0.1) is 5.52 Å². The van der Waals surface area contributed by atoms with E-state index in [0.29, 0.717) is 12.0 Å². The van der Waals surface area contributed by atoms with Gasteiger partial charge in [0.25, 0.3) is 0 Å². The summed E-state index contributed by atoms with van der Waals surface area (Å²) in [5.41, 5.74) is 8.27. The van der Waals surface area contributed by atoms with Gasteiger partial charge in [0.2, 0.25) is 0 Å². The summed E-state index contributed by atoms with van der Waals surface area (Å²) in [4.78, 5) is 4.35. The molecular weight excluding hydrogens is 270 g/mol. The molecule has 106 valence electrons. The van der Waals surface area contributed by atoms with Gasteiger partial charge in [-0.25, -0.2) is 8.78 Å². The summed E-state index contributed by atoms with van der Waals surface area (Å²) in [5.74, 6) is -1.16. The molecule has 0 radical (unpaired) electrons. The lowest BCUT2D eigenvalue weighted by molar-refractivity contribution is 0.563. The van der Waals surface area contributed by atoms with Gasteiger partial charge in [0.1, 0.15) is 11.6 Å². The standard InChI is InChI=1S/C17H14F2N2/c18-13-7-6-12(15(19)10-13)9-16(20)14-5-1-3-11-4-2-8-21-17(11)14/h1-8,10,16H,9,20H2. The molecule has 2 N–H and O–H groups in total. The minimum absolute atomic E-state index is 0.293. The Morgan fingerprint density at radius 1 is 1.05 bits per heavy atom. The molecular formula is C17H14F2N2. The number of aromatic nitrogens is 1. The van der Waals surface area contributed by atoms with Crippen LogP contribution in [0.15, 0.2) is 54.7 Å². The highest BCUT2D eigenvalue weighted by Gasteiger charge is 2.14. The molecule has 0 fully saturated rings. The van der Waals surface area contributed by atoms with E-state index < -0.39 is 17.7 Å². The molecule has 3 rings (SSSR count). The minimum Gasteiger partial charge on any atom is -0.324 e. The number of hydrogen-bond donors (Lipinski definition) is 1. The number of hydrogen-bond acceptors (Lipinski definition) is 2. The Bertz CT molecular complexity index is 781. The van der Waals surface area contributed by atoms with Crippen molar-refractivity contribution in [1.29, 1.82) is 0 Å². The molecule has 1 heterocycles. The Morgan fingerprint density at radius 2 is 1.86 bits per heavy atom. The molecule has 0 aliphatic carbocycles. The van der Waals surface area contributed by atoms with Crippen LogP contribution in [0, 0.1) is 11.6 Å². The largest absolute Gasteiger partial charge is 0.324 e. The van der Waals surface area contributed by atoms with Gasteiger partial charge in [-0.2, -0.15) is 0 Å². The second-order valence-electron chi connectivity index (χ2n) is 4.97. The Balaban J connectivity index is 1.95. The molecule has 0 aliphatic rings. The van der Waals surface area contributed by atoms with Crippen molar-refractivity contribution in [3.05, 3.63) is 77.5 Å². The molecule has 2 aromatic carbocycles. The summed E-state index contributed by atoms with van der Waals surface area (Å²) in [5, 5.41) is 0.991. The van der Waals surface area contributed by atoms with Crippen LogP contribution in [0.4, 0.5) is 8.78 Å². The summed E-state index contributed by atoms with van der Waals surface area (Å²) in [6, 6.07) is 12.7. The zero-order chi connectivity index (χ0) is 14.8. The molecule has 3 aromatic rings. The summed E-state index contributed by atoms with van der Waals surface area (Å²) < 4.78 is 26.7. The zero-order valence-corrected chi connectivity index (χ0v) is 11.3. The molecule has 2 nitrogen and oxygen atoms in total. The van der Waals surface area contributed by atoms with E-state index in [1.54, 1.807) is 6.20 Å². The Labute approximate surface area is 121 Å². The van der Waals surface area contributed by atoms with Crippen molar-refractivity contribution in [2.24, 2.45) is 5.73 Å². The molecule has 0 aliphatic heterocycles. The highest BCUT2D eigenvalue weighted by Crippen LogP contribution is 2.24. The van der Waals surface area contributed by atoms with Crippen LogP contribution in [0.3, 0.4) is 0 Å². The first-order chi connectivity index (χ1) is 10.1. The molecule has 1 atom stereocenters. The fourth-order valence-electron chi connectivity index (χ4n) is 2.46. The highest BCUT2D eigenvalue weighted by molar-refractivity contribution is 5.82. The predicted octanol–water partition coefficient (Wildman–Crippen LogP) is 3.76. The van der Waals surface area contributed by atoms with E-state index >= 15 is 0 Å². The molecule has 1 unspecified atom stereocenters. The fraction of sp³-hybridized carbons (Fsp3) is 0.118. The van der Waals surface area contributed by atoms with Crippen molar-refractivity contribution in [2.75, 3.05) is 0 Å². The quantitative estimate of drug-likeness (QED) is 0.795. The number of halogens is 2. The average molecular weight is 284 g/mol. The van der Waals surface area contributed by atoms with Gasteiger partial charge in [0, 0.05) is 23.7 Å². The number of rotatable bonds is 3. The average Bonchev–Trinajstić information content (AvgIpc) is 2.49. The molecule has 0 spiro atoms. The van der Waals surface area contributed by atoms with Gasteiger partial charge in [-0.1, -0.05) is 30.3 Å². The van der Waals surface area contributed by atoms with Crippen LogP contribution in [0.1, 0.15) is 17.2 Å². The Hall–Kier alpha value is -2.33. The summed E-state index contributed by atoms with van der Waals surface area (Å²) >= 11 is 0. The minimum atomic E-state index is -0.586. The second kappa shape index (κ2) is 5.58. The van der Waals surface area contributed by atoms with E-state index in [0.717, 1.165) is 22.5 Å². The van der Waals surface area contributed by atoms with Gasteiger partial charge in [-0.3, -0.25) is 4.98 Å². The topological polar surface area (TPSA) is 38.9 Å². The van der Waals surface area contributed by atoms with E-state index in [1.165, 1.54) is 12.1 Å². The first kappa shape index (κ1) is 13.6. The van der Waals surface area contributed by atoms with E-state index in [2.05, 4.69) is 4.98 Å². The molecule has 0 amide bonds. The van der Waals surface area contributed by atoms with Gasteiger partial charge in [-0.05, 0) is 29.7 Å². The third kappa shape index (κ3) is 2.76. The summed E-state index contributed by atoms with van der Waals surface area (Å²) in [7, 11) is 0. The fourth-order valence-corrected chi connectivity index (χ4v) is 2.46. The van der Waals surface area contributed by atoms with E-state index in [-0.39, 0.29) is 0 Å². The van der Waals surface area contributed by atoms with Crippen molar-refractivity contribution in [3.63, 3.8) is 0 Å². The lowest BCUT2D eigenvalue weighted by Gasteiger charge is -2.14. The van der Waals surface area contributed by atoms with E-state index in [4.69, 9.17) is 5.73 Å². The third-order valence-corrected chi connectivity index (χ3v) is 3.52. The third-order valence-electron chi connectivity index (χ3n) is 3.52. The maximum atomic E-state index is 13.7. The summed E-state index contributed by atoms with van der Waals surface area (Å²) in [6.07, 6.45) is 2.00. The number of benzene rings is 2. The number of pyridine rings is 1. The molecule has 21 heavy (non-hydrogen) atoms. The van der Waals surface area contributed by atoms with Crippen molar-refractivity contribution in [2.45, 2.75) is 12.5 Å². The lowest BCUT2D eigenvalue weighted by atomic mass is 9.97. The van der Waals surface area contributed by atoms with Crippen molar-refractivity contribution >= 4 is 10.9 Å². The first-order valence-corrected chi connectivity index (χ1v) is 6.68. The maximum absolute atomic E-state index is 13.7. The van der Waals surface area contributed by atoms with Crippen LogP contribution in [0.25, 0.3) is 10.9 Å². The maximum Gasteiger partial charge on any atom is 0.129 e. The number of nitrogens with two attached hydrogens (primary N) is 1. The SMILES string of the molecule is NC(Cc1ccc(F)cc1F)c1cccc2cccnc12. The predicted molar refractivity (Wildman–Crippen MR) is 78.7 cm³/mol. The second-order valence-corrected chi connectivity index (χ2v) is 4.97. The Kier molecular flexibility index (Phi) is 3.62. The van der Waals surface area contributed by atoms with Crippen molar-refractivity contribution in [3.8, 4) is 0 Å². The normalized spacial score (nSPS) is 12.5. The van der Waals surface area contributed by atoms with E-state index in [1.807, 2.05) is 30.3 Å². The molecule has 0 saturated carbocycles. The number of fused-ring (bicyclic) bond motifs is 1. The van der Waals surface area contributed by atoms with E-state index in [9.17, 15) is 8.78 Å². The first-order valence-electron chi connectivity index (χ1n) is 6.68. The van der Waals surface area contributed by atoms with Crippen LogP contribution >= 0.6 is 0 Å². The number of nitrogens with zero attached hydrogens (tertiary/aromatic N) is 1. The van der Waals surface area contributed by atoms with Crippen molar-refractivity contribution in [1.82, 2.24) is 4.98 Å². The van der Waals surface area contributed by atoms with Gasteiger partial charge < -0.3 is 5.73 Å². The van der Waals surface area contributed by atoms with Crippen molar-refractivity contribution < 1.29 is 8.78 Å². The van der Waals surface area contributed by atoms with Gasteiger partial charge >= 0.3 is 0 Å². The Morgan fingerprint density at radius 3 is 2.67 bits per heavy atom. The van der Waals surface area contributed by atoms with Crippen LogP contribution in [-0.4, -0.2) is 4.98 Å². The number of para-hydroxylation sites is 1. The van der Waals surface area contributed by atoms with Crippen LogP contribution in [0.5, 0.6) is 0 Å². The monoisotopic (exact) mass is 284 g/mol. The smallest absolute Gasteiger partial charge is 0.129 e. The molecule has 4 heteroatoms.